The van der Waals surface area contributed by atoms with Crippen molar-refractivity contribution in [3.63, 3.8) is 0 Å². The molecule has 1 heterocycles. The van der Waals surface area contributed by atoms with Crippen LogP contribution in [0.25, 0.3) is 0 Å². The second-order valence-electron chi connectivity index (χ2n) is 7.31. The standard InChI is InChI=1S/C20H28N2O2S/c1-15(11-12-18-17(3)10-7-13-20(18,4)5)8-6-9-16(2)14-19-21-24-25(23)22-19/h6,8-9,11-12,14H,7,10,13H2,1-5H3,(H,21,22)/b9-6+,12-11+,15-8+,16-14+/t25-/m0/s1. The number of allylic oxidation sites excluding steroid dienone is 9. The van der Waals surface area contributed by atoms with Crippen molar-refractivity contribution in [1.82, 2.24) is 4.72 Å². The van der Waals surface area contributed by atoms with Crippen LogP contribution in [0, 0.1) is 5.41 Å². The summed E-state index contributed by atoms with van der Waals surface area (Å²) in [6, 6.07) is 0. The Hall–Kier alpha value is -1.88. The maximum absolute atomic E-state index is 11.0. The number of oxime groups is 1. The molecule has 1 aliphatic carbocycles. The lowest BCUT2D eigenvalue weighted by molar-refractivity contribution is 0.377. The van der Waals surface area contributed by atoms with Crippen LogP contribution in [0.3, 0.4) is 0 Å². The summed E-state index contributed by atoms with van der Waals surface area (Å²) >= 11 is -1.54. The molecule has 136 valence electrons. The van der Waals surface area contributed by atoms with Gasteiger partial charge in [-0.15, -0.1) is 0 Å². The van der Waals surface area contributed by atoms with E-state index in [2.05, 4.69) is 60.1 Å². The van der Waals surface area contributed by atoms with Gasteiger partial charge >= 0.3 is 11.3 Å². The molecule has 4 nitrogen and oxygen atoms in total. The van der Waals surface area contributed by atoms with Crippen molar-refractivity contribution in [3.8, 4) is 0 Å². The van der Waals surface area contributed by atoms with E-state index in [1.807, 2.05) is 19.1 Å². The van der Waals surface area contributed by atoms with Gasteiger partial charge in [-0.25, -0.2) is 0 Å². The summed E-state index contributed by atoms with van der Waals surface area (Å²) in [5.41, 5.74) is 5.45. The fourth-order valence-electron chi connectivity index (χ4n) is 3.15. The summed E-state index contributed by atoms with van der Waals surface area (Å²) in [6.45, 7) is 11.0. The van der Waals surface area contributed by atoms with Crippen LogP contribution in [-0.2, 0) is 15.6 Å². The topological polar surface area (TPSA) is 50.7 Å². The fraction of sp³-hybridized carbons (Fsp3) is 0.450. The van der Waals surface area contributed by atoms with Crippen molar-refractivity contribution >= 4 is 17.1 Å². The Labute approximate surface area is 153 Å². The monoisotopic (exact) mass is 360 g/mol. The van der Waals surface area contributed by atoms with Crippen molar-refractivity contribution in [2.75, 3.05) is 0 Å². The molecule has 0 bridgehead atoms. The molecule has 1 atom stereocenters. The number of nitrogens with zero attached hydrogens (tertiary/aromatic N) is 1. The molecule has 0 saturated heterocycles. The third kappa shape index (κ3) is 5.85. The lowest BCUT2D eigenvalue weighted by Gasteiger charge is -2.32. The molecule has 0 aromatic heterocycles. The van der Waals surface area contributed by atoms with Crippen molar-refractivity contribution < 1.29 is 8.49 Å². The van der Waals surface area contributed by atoms with Gasteiger partial charge in [0.15, 0.2) is 5.84 Å². The minimum atomic E-state index is -1.54. The lowest BCUT2D eigenvalue weighted by Crippen LogP contribution is -2.19. The van der Waals surface area contributed by atoms with Gasteiger partial charge in [-0.3, -0.25) is 9.01 Å². The molecule has 0 amide bonds. The third-order valence-corrected chi connectivity index (χ3v) is 5.11. The molecule has 0 fully saturated rings. The van der Waals surface area contributed by atoms with Gasteiger partial charge in [0.25, 0.3) is 0 Å². The van der Waals surface area contributed by atoms with E-state index in [1.54, 1.807) is 6.08 Å². The van der Waals surface area contributed by atoms with Crippen molar-refractivity contribution in [3.05, 3.63) is 58.7 Å². The smallest absolute Gasteiger partial charge is 0.269 e. The fourth-order valence-corrected chi connectivity index (χ4v) is 3.60. The van der Waals surface area contributed by atoms with Gasteiger partial charge in [0.05, 0.1) is 0 Å². The summed E-state index contributed by atoms with van der Waals surface area (Å²) in [7, 11) is 0. The zero-order valence-corrected chi connectivity index (χ0v) is 16.6. The first-order valence-corrected chi connectivity index (χ1v) is 9.71. The summed E-state index contributed by atoms with van der Waals surface area (Å²) in [5.74, 6) is 0.475. The predicted molar refractivity (Wildman–Crippen MR) is 106 cm³/mol. The predicted octanol–water partition coefficient (Wildman–Crippen LogP) is 5.03. The maximum atomic E-state index is 11.0. The Morgan fingerprint density at radius 1 is 1.28 bits per heavy atom. The number of amidine groups is 1. The molecular formula is C20H28N2O2S. The van der Waals surface area contributed by atoms with Crippen molar-refractivity contribution in [1.29, 1.82) is 0 Å². The Kier molecular flexibility index (Phi) is 6.59. The molecule has 0 aromatic rings. The zero-order valence-electron chi connectivity index (χ0n) is 15.8. The van der Waals surface area contributed by atoms with Gasteiger partial charge in [0.2, 0.25) is 0 Å². The van der Waals surface area contributed by atoms with E-state index >= 15 is 0 Å². The molecular weight excluding hydrogens is 332 g/mol. The molecule has 0 saturated carbocycles. The number of rotatable bonds is 5. The van der Waals surface area contributed by atoms with Crippen LogP contribution in [-0.4, -0.2) is 10.0 Å². The van der Waals surface area contributed by atoms with Crippen LogP contribution in [0.4, 0.5) is 0 Å². The second-order valence-corrected chi connectivity index (χ2v) is 8.13. The minimum Gasteiger partial charge on any atom is -0.269 e. The first-order chi connectivity index (χ1) is 11.8. The highest BCUT2D eigenvalue weighted by Crippen LogP contribution is 2.40. The van der Waals surface area contributed by atoms with Crippen LogP contribution < -0.4 is 4.72 Å². The average molecular weight is 361 g/mol. The van der Waals surface area contributed by atoms with Gasteiger partial charge in [-0.05, 0) is 67.8 Å². The van der Waals surface area contributed by atoms with Gasteiger partial charge in [-0.1, -0.05) is 55.4 Å². The Balaban J connectivity index is 1.99. The summed E-state index contributed by atoms with van der Waals surface area (Å²) in [5, 5.41) is 3.67. The van der Waals surface area contributed by atoms with Crippen LogP contribution in [0.15, 0.2) is 63.9 Å². The Morgan fingerprint density at radius 2 is 2.04 bits per heavy atom. The SMILES string of the molecule is CC1=C(/C=C/C(C)=C/C=C/C(C)=C/C2=NO[S@](=O)N2)C(C)(C)CCC1. The van der Waals surface area contributed by atoms with E-state index in [9.17, 15) is 4.21 Å². The molecule has 25 heavy (non-hydrogen) atoms. The van der Waals surface area contributed by atoms with E-state index in [0.717, 1.165) is 5.57 Å². The van der Waals surface area contributed by atoms with Gasteiger partial charge < -0.3 is 0 Å². The number of hydrogen-bond acceptors (Lipinski definition) is 3. The largest absolute Gasteiger partial charge is 0.338 e. The minimum absolute atomic E-state index is 0.269. The van der Waals surface area contributed by atoms with Crippen LogP contribution in [0.1, 0.15) is 53.9 Å². The van der Waals surface area contributed by atoms with Gasteiger partial charge in [0.1, 0.15) is 0 Å². The van der Waals surface area contributed by atoms with Crippen LogP contribution in [0.2, 0.25) is 0 Å². The Bertz CT molecular complexity index is 722. The first-order valence-electron chi connectivity index (χ1n) is 8.63. The summed E-state index contributed by atoms with van der Waals surface area (Å²) in [6.07, 6.45) is 16.1. The third-order valence-electron chi connectivity index (χ3n) is 4.53. The first kappa shape index (κ1) is 19.4. The lowest BCUT2D eigenvalue weighted by atomic mass is 9.72. The highest BCUT2D eigenvalue weighted by molar-refractivity contribution is 7.79. The van der Waals surface area contributed by atoms with E-state index < -0.39 is 11.3 Å². The van der Waals surface area contributed by atoms with Crippen LogP contribution in [0.5, 0.6) is 0 Å². The molecule has 1 aliphatic heterocycles. The Morgan fingerprint density at radius 3 is 2.68 bits per heavy atom. The maximum Gasteiger partial charge on any atom is 0.338 e. The van der Waals surface area contributed by atoms with E-state index in [4.69, 9.17) is 0 Å². The molecule has 0 spiro atoms. The average Bonchev–Trinajstić information content (AvgIpc) is 2.91. The van der Waals surface area contributed by atoms with Crippen molar-refractivity contribution in [2.24, 2.45) is 10.6 Å². The van der Waals surface area contributed by atoms with Gasteiger partial charge in [0, 0.05) is 0 Å². The van der Waals surface area contributed by atoms with E-state index in [0.29, 0.717) is 5.84 Å². The normalized spacial score (nSPS) is 24.7. The summed E-state index contributed by atoms with van der Waals surface area (Å²) in [4.78, 5) is 0. The van der Waals surface area contributed by atoms with Crippen molar-refractivity contribution in [2.45, 2.75) is 53.9 Å². The number of hydrogen-bond donors (Lipinski definition) is 1. The highest BCUT2D eigenvalue weighted by Gasteiger charge is 2.26. The molecule has 2 aliphatic rings. The van der Waals surface area contributed by atoms with Gasteiger partial charge in [-0.2, -0.15) is 4.21 Å². The molecule has 0 unspecified atom stereocenters. The highest BCUT2D eigenvalue weighted by atomic mass is 32.2. The molecule has 0 aromatic carbocycles. The summed E-state index contributed by atoms with van der Waals surface area (Å²) < 4.78 is 18.2. The van der Waals surface area contributed by atoms with Crippen LogP contribution >= 0.6 is 0 Å². The quantitative estimate of drug-likeness (QED) is 0.699. The molecule has 2 rings (SSSR count). The van der Waals surface area contributed by atoms with E-state index in [-0.39, 0.29) is 5.41 Å². The number of nitrogens with one attached hydrogen (secondary N) is 1. The zero-order chi connectivity index (χ0) is 18.4. The molecule has 5 heteroatoms. The molecule has 0 radical (unpaired) electrons. The molecule has 1 N–H and O–H groups in total. The second kappa shape index (κ2) is 8.48. The van der Waals surface area contributed by atoms with E-state index in [1.165, 1.54) is 36.0 Å².